The molecule has 1 heterocycles. The molecule has 0 atom stereocenters. The van der Waals surface area contributed by atoms with E-state index in [-0.39, 0.29) is 27.5 Å². The summed E-state index contributed by atoms with van der Waals surface area (Å²) in [5, 5.41) is 9.94. The third-order valence-electron chi connectivity index (χ3n) is 5.50. The number of hydrogen-bond acceptors (Lipinski definition) is 6. The maximum atomic E-state index is 13.0. The molecule has 2 aliphatic rings. The predicted molar refractivity (Wildman–Crippen MR) is 121 cm³/mol. The van der Waals surface area contributed by atoms with Crippen LogP contribution in [0.3, 0.4) is 0 Å². The van der Waals surface area contributed by atoms with Crippen LogP contribution in [-0.2, 0) is 0 Å². The van der Waals surface area contributed by atoms with E-state index < -0.39 is 16.8 Å². The number of rotatable bonds is 6. The molecule has 2 aromatic rings. The first-order valence-corrected chi connectivity index (χ1v) is 10.2. The van der Waals surface area contributed by atoms with E-state index in [1.165, 1.54) is 13.2 Å². The smallest absolute Gasteiger partial charge is 0.338 e. The van der Waals surface area contributed by atoms with Gasteiger partial charge in [-0.3, -0.25) is 9.59 Å². The maximum absolute atomic E-state index is 13.0. The van der Waals surface area contributed by atoms with Gasteiger partial charge in [-0.15, -0.1) is 0 Å². The van der Waals surface area contributed by atoms with Crippen LogP contribution in [0.5, 0.6) is 5.75 Å². The Morgan fingerprint density at radius 3 is 2.50 bits per heavy atom. The zero-order chi connectivity index (χ0) is 23.0. The summed E-state index contributed by atoms with van der Waals surface area (Å²) >= 11 is 0. The molecule has 2 aromatic carbocycles. The summed E-state index contributed by atoms with van der Waals surface area (Å²) in [6, 6.07) is 11.8. The van der Waals surface area contributed by atoms with E-state index >= 15 is 0 Å². The Kier molecular flexibility index (Phi) is 5.44. The third kappa shape index (κ3) is 3.39. The molecule has 164 valence electrons. The lowest BCUT2D eigenvalue weighted by Gasteiger charge is -2.21. The van der Waals surface area contributed by atoms with Crippen LogP contribution in [-0.4, -0.2) is 36.3 Å². The molecule has 0 radical (unpaired) electrons. The average molecular weight is 434 g/mol. The summed E-state index contributed by atoms with van der Waals surface area (Å²) in [6.45, 7) is 5.61. The first-order chi connectivity index (χ1) is 15.4. The number of ether oxygens (including phenoxy) is 1. The quantitative estimate of drug-likeness (QED) is 0.447. The topological polar surface area (TPSA) is 113 Å². The first kappa shape index (κ1) is 21.2. The van der Waals surface area contributed by atoms with Gasteiger partial charge in [0.25, 0.3) is 5.43 Å². The number of methoxy groups -OCH3 is 1. The predicted octanol–water partition coefficient (Wildman–Crippen LogP) is 3.43. The Morgan fingerprint density at radius 2 is 1.84 bits per heavy atom. The molecule has 1 aliphatic carbocycles. The number of anilines is 1. The van der Waals surface area contributed by atoms with Gasteiger partial charge < -0.3 is 24.1 Å². The largest absolute Gasteiger partial charge is 0.497 e. The second-order valence-electron chi connectivity index (χ2n) is 7.23. The first-order valence-electron chi connectivity index (χ1n) is 10.2. The summed E-state index contributed by atoms with van der Waals surface area (Å²) < 4.78 is 11.0. The van der Waals surface area contributed by atoms with Gasteiger partial charge >= 0.3 is 5.97 Å². The van der Waals surface area contributed by atoms with E-state index in [0.717, 1.165) is 18.8 Å². The minimum atomic E-state index is -1.35. The standard InChI is InChI=1S/C24H22N2O6/c1-4-26(5-2)14-9-10-16-17(12-14)32-23-20(25-16)19(24(29)30)18(21(27)22(23)28)13-7-6-8-15(11-13)31-3/h6-12,25H,4-5H2,1-3H3,(H,29,30). The fraction of sp³-hybridized carbons (Fsp3) is 0.208. The van der Waals surface area contributed by atoms with Gasteiger partial charge in [0.2, 0.25) is 10.8 Å². The van der Waals surface area contributed by atoms with Crippen molar-refractivity contribution in [2.45, 2.75) is 13.8 Å². The molecule has 1 aliphatic heterocycles. The van der Waals surface area contributed by atoms with Crippen LogP contribution in [0.4, 0.5) is 5.69 Å². The second kappa shape index (κ2) is 8.22. The van der Waals surface area contributed by atoms with E-state index in [0.29, 0.717) is 16.8 Å². The summed E-state index contributed by atoms with van der Waals surface area (Å²) in [5.74, 6) is -0.919. The number of carboxylic acid groups (broad SMARTS) is 1. The molecular formula is C24H22N2O6. The number of nitrogens with zero attached hydrogens (tertiary/aromatic N) is 1. The van der Waals surface area contributed by atoms with Crippen molar-refractivity contribution in [1.82, 2.24) is 4.98 Å². The monoisotopic (exact) mass is 434 g/mol. The molecule has 4 rings (SSSR count). The van der Waals surface area contributed by atoms with Gasteiger partial charge in [-0.05, 0) is 43.7 Å². The number of fused-ring (bicyclic) bond motifs is 1. The van der Waals surface area contributed by atoms with Crippen LogP contribution in [0.25, 0.3) is 22.2 Å². The Morgan fingerprint density at radius 1 is 1.09 bits per heavy atom. The van der Waals surface area contributed by atoms with Gasteiger partial charge in [0.05, 0.1) is 23.8 Å². The number of aromatic nitrogens is 1. The highest BCUT2D eigenvalue weighted by Crippen LogP contribution is 2.26. The number of carboxylic acids is 1. The lowest BCUT2D eigenvalue weighted by atomic mass is 9.98. The molecule has 0 saturated carbocycles. The van der Waals surface area contributed by atoms with Crippen molar-refractivity contribution in [3.63, 3.8) is 0 Å². The second-order valence-corrected chi connectivity index (χ2v) is 7.23. The minimum absolute atomic E-state index is 0.0389. The van der Waals surface area contributed by atoms with Crippen molar-refractivity contribution in [2.24, 2.45) is 0 Å². The zero-order valence-electron chi connectivity index (χ0n) is 17.9. The van der Waals surface area contributed by atoms with Crippen LogP contribution in [0.1, 0.15) is 24.2 Å². The lowest BCUT2D eigenvalue weighted by molar-refractivity contribution is 0.0695. The lowest BCUT2D eigenvalue weighted by Crippen LogP contribution is -2.30. The van der Waals surface area contributed by atoms with Gasteiger partial charge in [-0.1, -0.05) is 12.1 Å². The molecule has 0 spiro atoms. The molecule has 0 aromatic heterocycles. The van der Waals surface area contributed by atoms with Crippen LogP contribution in [0.2, 0.25) is 0 Å². The number of nitrogens with one attached hydrogen (secondary N) is 1. The molecule has 32 heavy (non-hydrogen) atoms. The fourth-order valence-electron chi connectivity index (χ4n) is 3.90. The summed E-state index contributed by atoms with van der Waals surface area (Å²) in [7, 11) is 1.46. The van der Waals surface area contributed by atoms with Crippen molar-refractivity contribution in [3.8, 4) is 16.9 Å². The normalized spacial score (nSPS) is 11.1. The van der Waals surface area contributed by atoms with E-state index in [1.54, 1.807) is 30.3 Å². The Labute approximate surface area is 182 Å². The fourth-order valence-corrected chi connectivity index (χ4v) is 3.90. The van der Waals surface area contributed by atoms with Crippen molar-refractivity contribution in [1.29, 1.82) is 0 Å². The molecule has 8 heteroatoms. The molecule has 0 saturated heterocycles. The van der Waals surface area contributed by atoms with E-state index in [9.17, 15) is 19.5 Å². The molecule has 0 fully saturated rings. The number of hydrogen-bond donors (Lipinski definition) is 2. The van der Waals surface area contributed by atoms with Crippen molar-refractivity contribution in [3.05, 3.63) is 79.2 Å². The SMILES string of the molecule is CCN(CC)c1ccc2[nH]c3c(C(=O)O)c(-c4cccc(OC)c4)c(=O)c(=O)c=3oc2c1. The summed E-state index contributed by atoms with van der Waals surface area (Å²) in [4.78, 5) is 43.3. The molecule has 0 amide bonds. The summed E-state index contributed by atoms with van der Waals surface area (Å²) in [6.07, 6.45) is 0. The van der Waals surface area contributed by atoms with Crippen LogP contribution < -0.4 is 20.5 Å². The molecule has 0 bridgehead atoms. The summed E-state index contributed by atoms with van der Waals surface area (Å²) in [5.41, 5.74) is -0.682. The van der Waals surface area contributed by atoms with Crippen LogP contribution in [0.15, 0.2) is 56.5 Å². The number of H-pyrrole nitrogens is 1. The van der Waals surface area contributed by atoms with E-state index in [4.69, 9.17) is 9.15 Å². The molecule has 2 N–H and O–H groups in total. The van der Waals surface area contributed by atoms with Crippen LogP contribution >= 0.6 is 0 Å². The van der Waals surface area contributed by atoms with Crippen molar-refractivity contribution >= 4 is 22.8 Å². The van der Waals surface area contributed by atoms with Gasteiger partial charge in [-0.25, -0.2) is 4.79 Å². The van der Waals surface area contributed by atoms with E-state index in [2.05, 4.69) is 9.88 Å². The molecule has 8 nitrogen and oxygen atoms in total. The van der Waals surface area contributed by atoms with Gasteiger partial charge in [0, 0.05) is 24.8 Å². The molecular weight excluding hydrogens is 412 g/mol. The zero-order valence-corrected chi connectivity index (χ0v) is 17.9. The molecule has 0 unspecified atom stereocenters. The van der Waals surface area contributed by atoms with Gasteiger partial charge in [0.1, 0.15) is 11.1 Å². The van der Waals surface area contributed by atoms with E-state index in [1.807, 2.05) is 19.9 Å². The van der Waals surface area contributed by atoms with Gasteiger partial charge in [-0.2, -0.15) is 0 Å². The number of benzene rings is 2. The highest BCUT2D eigenvalue weighted by Gasteiger charge is 2.23. The van der Waals surface area contributed by atoms with Crippen molar-refractivity contribution in [2.75, 3.05) is 25.1 Å². The number of carbonyl (C=O) groups is 1. The average Bonchev–Trinajstić information content (AvgIpc) is 2.80. The number of aromatic amines is 1. The highest BCUT2D eigenvalue weighted by atomic mass is 16.5. The maximum Gasteiger partial charge on any atom is 0.338 e. The number of aromatic carboxylic acids is 1. The highest BCUT2D eigenvalue weighted by molar-refractivity contribution is 5.96. The Hall–Kier alpha value is -4.07. The van der Waals surface area contributed by atoms with Crippen molar-refractivity contribution < 1.29 is 19.1 Å². The minimum Gasteiger partial charge on any atom is -0.497 e. The van der Waals surface area contributed by atoms with Crippen LogP contribution in [0, 0.1) is 10.8 Å². The Balaban J connectivity index is 2.12. The van der Waals surface area contributed by atoms with Gasteiger partial charge in [0.15, 0.2) is 5.58 Å². The third-order valence-corrected chi connectivity index (χ3v) is 5.50. The Bertz CT molecular complexity index is 1510.